The fourth-order valence-corrected chi connectivity index (χ4v) is 5.61. The number of para-hydroxylation sites is 1. The van der Waals surface area contributed by atoms with E-state index < -0.39 is 11.6 Å². The summed E-state index contributed by atoms with van der Waals surface area (Å²) in [6.45, 7) is 9.44. The average Bonchev–Trinajstić information content (AvgIpc) is 3.20. The van der Waals surface area contributed by atoms with Crippen molar-refractivity contribution in [1.82, 2.24) is 14.7 Å². The number of carbonyl (C=O) groups is 2. The van der Waals surface area contributed by atoms with E-state index in [0.29, 0.717) is 45.6 Å². The van der Waals surface area contributed by atoms with Gasteiger partial charge in [-0.15, -0.1) is 0 Å². The Hall–Kier alpha value is -3.10. The Morgan fingerprint density at radius 1 is 1.05 bits per heavy atom. The molecule has 37 heavy (non-hydrogen) atoms. The molecular formula is C29H41N5O3. The van der Waals surface area contributed by atoms with Crippen molar-refractivity contribution in [2.24, 2.45) is 5.73 Å². The van der Waals surface area contributed by atoms with Crippen molar-refractivity contribution >= 4 is 17.5 Å². The first-order valence-corrected chi connectivity index (χ1v) is 13.4. The van der Waals surface area contributed by atoms with E-state index in [0.717, 1.165) is 36.6 Å². The predicted molar refractivity (Wildman–Crippen MR) is 147 cm³/mol. The standard InChI is InChI=1S/C29H41N5O3/c1-4-31(5-2)19-20-33-22-34(24-9-7-6-8-10-24)29(28(33)36)15-17-32(18-16-29)27(35)26(30)21-23-11-13-25(37-3)14-12-23/h6-14,26H,4-5,15-22,30H2,1-3H3/t26-/m1/s1. The minimum absolute atomic E-state index is 0.0548. The van der Waals surface area contributed by atoms with Gasteiger partial charge in [-0.1, -0.05) is 44.2 Å². The molecule has 2 aliphatic heterocycles. The number of nitrogens with two attached hydrogens (primary N) is 1. The van der Waals surface area contributed by atoms with E-state index in [9.17, 15) is 9.59 Å². The number of likely N-dealkylation sites (tertiary alicyclic amines) is 1. The second-order valence-electron chi connectivity index (χ2n) is 10.0. The Kier molecular flexibility index (Phi) is 8.71. The summed E-state index contributed by atoms with van der Waals surface area (Å²) >= 11 is 0. The van der Waals surface area contributed by atoms with Crippen molar-refractivity contribution in [3.8, 4) is 5.75 Å². The molecule has 0 radical (unpaired) electrons. The van der Waals surface area contributed by atoms with Crippen molar-refractivity contribution in [1.29, 1.82) is 0 Å². The Labute approximate surface area is 220 Å². The highest BCUT2D eigenvalue weighted by atomic mass is 16.5. The molecule has 2 aromatic rings. The summed E-state index contributed by atoms with van der Waals surface area (Å²) in [4.78, 5) is 35.6. The van der Waals surface area contributed by atoms with Crippen LogP contribution in [0.15, 0.2) is 54.6 Å². The molecule has 2 aromatic carbocycles. The molecule has 2 amide bonds. The lowest BCUT2D eigenvalue weighted by atomic mass is 9.85. The molecule has 8 nitrogen and oxygen atoms in total. The third kappa shape index (κ3) is 5.75. The Morgan fingerprint density at radius 3 is 2.30 bits per heavy atom. The molecule has 1 atom stereocenters. The number of amides is 2. The van der Waals surface area contributed by atoms with Gasteiger partial charge in [-0.25, -0.2) is 0 Å². The number of hydrogen-bond donors (Lipinski definition) is 1. The molecule has 8 heteroatoms. The van der Waals surface area contributed by atoms with E-state index in [1.165, 1.54) is 0 Å². The number of methoxy groups -OCH3 is 1. The molecule has 0 aromatic heterocycles. The number of likely N-dealkylation sites (N-methyl/N-ethyl adjacent to an activating group) is 1. The van der Waals surface area contributed by atoms with Crippen molar-refractivity contribution < 1.29 is 14.3 Å². The van der Waals surface area contributed by atoms with E-state index in [-0.39, 0.29) is 11.8 Å². The van der Waals surface area contributed by atoms with Crippen molar-refractivity contribution in [3.63, 3.8) is 0 Å². The SMILES string of the molecule is CCN(CC)CCN1CN(c2ccccc2)C2(CCN(C(=O)[C@H](N)Cc3ccc(OC)cc3)CC2)C1=O. The maximum Gasteiger partial charge on any atom is 0.250 e. The predicted octanol–water partition coefficient (Wildman–Crippen LogP) is 2.57. The van der Waals surface area contributed by atoms with E-state index in [4.69, 9.17) is 10.5 Å². The summed E-state index contributed by atoms with van der Waals surface area (Å²) in [6, 6.07) is 17.2. The molecule has 2 aliphatic rings. The largest absolute Gasteiger partial charge is 0.497 e. The highest BCUT2D eigenvalue weighted by molar-refractivity contribution is 5.94. The fourth-order valence-electron chi connectivity index (χ4n) is 5.61. The van der Waals surface area contributed by atoms with Crippen molar-refractivity contribution in [3.05, 3.63) is 60.2 Å². The summed E-state index contributed by atoms with van der Waals surface area (Å²) < 4.78 is 5.21. The number of benzene rings is 2. The number of hydrogen-bond acceptors (Lipinski definition) is 6. The minimum atomic E-state index is -0.624. The maximum absolute atomic E-state index is 13.9. The van der Waals surface area contributed by atoms with Crippen LogP contribution in [0.2, 0.25) is 0 Å². The van der Waals surface area contributed by atoms with Crippen molar-refractivity contribution in [2.75, 3.05) is 57.9 Å². The zero-order valence-electron chi connectivity index (χ0n) is 22.4. The quantitative estimate of drug-likeness (QED) is 0.532. The molecule has 0 aliphatic carbocycles. The van der Waals surface area contributed by atoms with E-state index >= 15 is 0 Å². The summed E-state index contributed by atoms with van der Waals surface area (Å²) in [6.07, 6.45) is 1.67. The van der Waals surface area contributed by atoms with Gasteiger partial charge < -0.3 is 30.1 Å². The smallest absolute Gasteiger partial charge is 0.250 e. The molecule has 2 fully saturated rings. The molecule has 200 valence electrons. The van der Waals surface area contributed by atoms with Gasteiger partial charge in [-0.2, -0.15) is 0 Å². The van der Waals surface area contributed by atoms with E-state index in [2.05, 4.69) is 35.8 Å². The van der Waals surface area contributed by atoms with E-state index in [1.807, 2.05) is 52.3 Å². The Morgan fingerprint density at radius 2 is 1.70 bits per heavy atom. The second kappa shape index (κ2) is 12.0. The molecule has 2 heterocycles. The number of rotatable bonds is 10. The lowest BCUT2D eigenvalue weighted by Crippen LogP contribution is -2.59. The first-order chi connectivity index (χ1) is 17.9. The fraction of sp³-hybridized carbons (Fsp3) is 0.517. The molecule has 2 saturated heterocycles. The van der Waals surface area contributed by atoms with Gasteiger partial charge in [0.15, 0.2) is 0 Å². The van der Waals surface area contributed by atoms with Gasteiger partial charge >= 0.3 is 0 Å². The number of carbonyl (C=O) groups excluding carboxylic acids is 2. The molecule has 2 N–H and O–H groups in total. The van der Waals surface area contributed by atoms with Crippen LogP contribution in [0.4, 0.5) is 5.69 Å². The van der Waals surface area contributed by atoms with Crippen molar-refractivity contribution in [2.45, 2.75) is 44.7 Å². The Balaban J connectivity index is 1.44. The monoisotopic (exact) mass is 507 g/mol. The number of anilines is 1. The number of ether oxygens (including phenoxy) is 1. The zero-order chi connectivity index (χ0) is 26.4. The normalized spacial score (nSPS) is 18.1. The maximum atomic E-state index is 13.9. The number of piperidine rings is 1. The van der Waals surface area contributed by atoms with Crippen LogP contribution in [0.3, 0.4) is 0 Å². The highest BCUT2D eigenvalue weighted by Crippen LogP contribution is 2.39. The highest BCUT2D eigenvalue weighted by Gasteiger charge is 2.54. The molecule has 0 bridgehead atoms. The van der Waals surface area contributed by atoms with Crippen LogP contribution in [-0.2, 0) is 16.0 Å². The third-order valence-corrected chi connectivity index (χ3v) is 8.00. The van der Waals surface area contributed by atoms with Gasteiger partial charge in [-0.3, -0.25) is 9.59 Å². The van der Waals surface area contributed by atoms with Crippen LogP contribution in [-0.4, -0.2) is 91.1 Å². The lowest BCUT2D eigenvalue weighted by molar-refractivity contribution is -0.139. The second-order valence-corrected chi connectivity index (χ2v) is 10.0. The Bertz CT molecular complexity index is 1030. The van der Waals surface area contributed by atoms with Gasteiger partial charge in [0.25, 0.3) is 0 Å². The van der Waals surface area contributed by atoms with E-state index in [1.54, 1.807) is 7.11 Å². The topological polar surface area (TPSA) is 82.3 Å². The van der Waals surface area contributed by atoms with Gasteiger partial charge in [0.2, 0.25) is 11.8 Å². The third-order valence-electron chi connectivity index (χ3n) is 8.00. The van der Waals surface area contributed by atoms with Crippen LogP contribution in [0.1, 0.15) is 32.3 Å². The average molecular weight is 508 g/mol. The molecule has 0 unspecified atom stereocenters. The van der Waals surface area contributed by atoms with Gasteiger partial charge in [0, 0.05) is 31.9 Å². The van der Waals surface area contributed by atoms with Gasteiger partial charge in [0.05, 0.1) is 19.8 Å². The van der Waals surface area contributed by atoms with Crippen LogP contribution in [0.25, 0.3) is 0 Å². The first-order valence-electron chi connectivity index (χ1n) is 13.4. The van der Waals surface area contributed by atoms with Crippen LogP contribution in [0, 0.1) is 0 Å². The van der Waals surface area contributed by atoms with Crippen LogP contribution in [0.5, 0.6) is 5.75 Å². The lowest BCUT2D eigenvalue weighted by Gasteiger charge is -2.43. The van der Waals surface area contributed by atoms with Gasteiger partial charge in [-0.05, 0) is 62.2 Å². The van der Waals surface area contributed by atoms with Crippen LogP contribution < -0.4 is 15.4 Å². The molecule has 4 rings (SSSR count). The first kappa shape index (κ1) is 26.9. The summed E-state index contributed by atoms with van der Waals surface area (Å²) in [7, 11) is 1.63. The zero-order valence-corrected chi connectivity index (χ0v) is 22.4. The summed E-state index contributed by atoms with van der Waals surface area (Å²) in [5.41, 5.74) is 7.77. The number of nitrogens with zero attached hydrogens (tertiary/aromatic N) is 4. The summed E-state index contributed by atoms with van der Waals surface area (Å²) in [5, 5.41) is 0. The molecule has 0 saturated carbocycles. The molecule has 1 spiro atoms. The van der Waals surface area contributed by atoms with Crippen LogP contribution >= 0.6 is 0 Å². The molecular weight excluding hydrogens is 466 g/mol. The summed E-state index contributed by atoms with van der Waals surface area (Å²) in [5.74, 6) is 0.902. The minimum Gasteiger partial charge on any atom is -0.497 e. The van der Waals surface area contributed by atoms with Gasteiger partial charge in [0.1, 0.15) is 11.3 Å².